The first kappa shape index (κ1) is 19.3. The molecule has 130 valence electrons. The Bertz CT molecular complexity index is 500. The highest BCUT2D eigenvalue weighted by Gasteiger charge is 2.22. The summed E-state index contributed by atoms with van der Waals surface area (Å²) in [6.45, 7) is 7.31. The highest BCUT2D eigenvalue weighted by atomic mass is 16.3. The van der Waals surface area contributed by atoms with Crippen molar-refractivity contribution < 1.29 is 15.0 Å². The largest absolute Gasteiger partial charge is 0.508 e. The zero-order valence-electron chi connectivity index (χ0n) is 14.6. The maximum Gasteiger partial charge on any atom is 0.315 e. The van der Waals surface area contributed by atoms with Crippen LogP contribution >= 0.6 is 0 Å². The third-order valence-electron chi connectivity index (χ3n) is 3.54. The van der Waals surface area contributed by atoms with Gasteiger partial charge in [-0.2, -0.15) is 0 Å². The maximum atomic E-state index is 12.0. The number of carbonyl (C=O) groups is 1. The van der Waals surface area contributed by atoms with E-state index in [0.29, 0.717) is 12.1 Å². The number of carbonyl (C=O) groups excluding carboxylic acids is 1. The average molecular weight is 323 g/mol. The minimum atomic E-state index is -0.837. The van der Waals surface area contributed by atoms with Gasteiger partial charge >= 0.3 is 6.03 Å². The SMILES string of the molecule is C[C@@H](NC(=O)NCC(C)(C)CN(C)C)[C@@H](O)c1ccc(O)cc1. The summed E-state index contributed by atoms with van der Waals surface area (Å²) in [5, 5.41) is 25.1. The molecular formula is C17H29N3O3. The third kappa shape index (κ3) is 6.88. The predicted molar refractivity (Wildman–Crippen MR) is 91.4 cm³/mol. The van der Waals surface area contributed by atoms with Crippen LogP contribution in [0.15, 0.2) is 24.3 Å². The number of nitrogens with zero attached hydrogens (tertiary/aromatic N) is 1. The fourth-order valence-electron chi connectivity index (χ4n) is 2.53. The number of aliphatic hydroxyl groups is 1. The Hall–Kier alpha value is -1.79. The van der Waals surface area contributed by atoms with Crippen molar-refractivity contribution in [2.45, 2.75) is 32.9 Å². The number of amides is 2. The van der Waals surface area contributed by atoms with Gasteiger partial charge in [-0.25, -0.2) is 4.79 Å². The topological polar surface area (TPSA) is 84.8 Å². The standard InChI is InChI=1S/C17H29N3O3/c1-12(15(22)13-6-8-14(21)9-7-13)19-16(23)18-10-17(2,3)11-20(4)5/h6-9,12,15,21-22H,10-11H2,1-5H3,(H2,18,19,23)/t12-,15-/m1/s1. The summed E-state index contributed by atoms with van der Waals surface area (Å²) in [6, 6.07) is 5.54. The summed E-state index contributed by atoms with van der Waals surface area (Å²) >= 11 is 0. The van der Waals surface area contributed by atoms with Crippen LogP contribution < -0.4 is 10.6 Å². The zero-order chi connectivity index (χ0) is 17.6. The fraction of sp³-hybridized carbons (Fsp3) is 0.588. The number of hydrogen-bond donors (Lipinski definition) is 4. The van der Waals surface area contributed by atoms with E-state index < -0.39 is 12.1 Å². The molecule has 1 rings (SSSR count). The number of nitrogens with one attached hydrogen (secondary N) is 2. The lowest BCUT2D eigenvalue weighted by Gasteiger charge is -2.29. The van der Waals surface area contributed by atoms with Crippen molar-refractivity contribution >= 4 is 6.03 Å². The number of urea groups is 1. The van der Waals surface area contributed by atoms with E-state index in [9.17, 15) is 15.0 Å². The first-order valence-corrected chi connectivity index (χ1v) is 7.77. The molecule has 0 heterocycles. The molecule has 0 unspecified atom stereocenters. The van der Waals surface area contributed by atoms with Crippen molar-refractivity contribution in [3.8, 4) is 5.75 Å². The molecule has 0 aliphatic heterocycles. The fourth-order valence-corrected chi connectivity index (χ4v) is 2.53. The van der Waals surface area contributed by atoms with Crippen LogP contribution in [-0.2, 0) is 0 Å². The van der Waals surface area contributed by atoms with Crippen molar-refractivity contribution in [1.82, 2.24) is 15.5 Å². The van der Waals surface area contributed by atoms with Gasteiger partial charge in [-0.05, 0) is 44.1 Å². The summed E-state index contributed by atoms with van der Waals surface area (Å²) in [7, 11) is 4.00. The number of hydrogen-bond acceptors (Lipinski definition) is 4. The summed E-state index contributed by atoms with van der Waals surface area (Å²) < 4.78 is 0. The number of aliphatic hydroxyl groups excluding tert-OH is 1. The molecule has 23 heavy (non-hydrogen) atoms. The molecule has 4 N–H and O–H groups in total. The normalized spacial score (nSPS) is 14.4. The monoisotopic (exact) mass is 323 g/mol. The lowest BCUT2D eigenvalue weighted by Crippen LogP contribution is -2.47. The van der Waals surface area contributed by atoms with Crippen LogP contribution in [0.5, 0.6) is 5.75 Å². The second-order valence-electron chi connectivity index (χ2n) is 7.05. The average Bonchev–Trinajstić information content (AvgIpc) is 2.44. The molecule has 0 bridgehead atoms. The number of aromatic hydroxyl groups is 1. The molecule has 0 aliphatic rings. The molecule has 6 heteroatoms. The molecule has 2 atom stereocenters. The van der Waals surface area contributed by atoms with E-state index in [1.807, 2.05) is 14.1 Å². The van der Waals surface area contributed by atoms with E-state index in [1.54, 1.807) is 19.1 Å². The molecule has 0 spiro atoms. The van der Waals surface area contributed by atoms with Crippen LogP contribution in [0.4, 0.5) is 4.79 Å². The quantitative estimate of drug-likeness (QED) is 0.615. The zero-order valence-corrected chi connectivity index (χ0v) is 14.6. The first-order valence-electron chi connectivity index (χ1n) is 7.77. The van der Waals surface area contributed by atoms with Crippen LogP contribution in [0, 0.1) is 5.41 Å². The van der Waals surface area contributed by atoms with Gasteiger partial charge in [-0.1, -0.05) is 26.0 Å². The van der Waals surface area contributed by atoms with Crippen LogP contribution in [0.25, 0.3) is 0 Å². The lowest BCUT2D eigenvalue weighted by molar-refractivity contribution is 0.136. The Morgan fingerprint density at radius 2 is 1.83 bits per heavy atom. The summed E-state index contributed by atoms with van der Waals surface area (Å²) in [5.74, 6) is 0.141. The third-order valence-corrected chi connectivity index (χ3v) is 3.54. The molecule has 1 aromatic rings. The summed E-state index contributed by atoms with van der Waals surface area (Å²) in [6.07, 6.45) is -0.837. The van der Waals surface area contributed by atoms with E-state index in [-0.39, 0.29) is 17.2 Å². The van der Waals surface area contributed by atoms with Crippen molar-refractivity contribution in [1.29, 1.82) is 0 Å². The van der Waals surface area contributed by atoms with Gasteiger partial charge in [-0.3, -0.25) is 0 Å². The van der Waals surface area contributed by atoms with E-state index in [2.05, 4.69) is 29.4 Å². The van der Waals surface area contributed by atoms with Crippen molar-refractivity contribution in [3.05, 3.63) is 29.8 Å². The molecule has 0 aliphatic carbocycles. The van der Waals surface area contributed by atoms with Crippen LogP contribution in [0.2, 0.25) is 0 Å². The molecule has 2 amide bonds. The molecule has 6 nitrogen and oxygen atoms in total. The number of phenolic OH excluding ortho intramolecular Hbond substituents is 1. The molecular weight excluding hydrogens is 294 g/mol. The second kappa shape index (κ2) is 8.17. The first-order chi connectivity index (χ1) is 10.6. The van der Waals surface area contributed by atoms with Gasteiger partial charge in [0.2, 0.25) is 0 Å². The molecule has 0 saturated heterocycles. The summed E-state index contributed by atoms with van der Waals surface area (Å²) in [4.78, 5) is 14.1. The van der Waals surface area contributed by atoms with Gasteiger partial charge < -0.3 is 25.7 Å². The second-order valence-corrected chi connectivity index (χ2v) is 7.05. The Morgan fingerprint density at radius 3 is 2.35 bits per heavy atom. The van der Waals surface area contributed by atoms with Crippen LogP contribution in [0.3, 0.4) is 0 Å². The number of phenols is 1. The van der Waals surface area contributed by atoms with E-state index in [1.165, 1.54) is 12.1 Å². The van der Waals surface area contributed by atoms with Gasteiger partial charge in [0.1, 0.15) is 5.75 Å². The smallest absolute Gasteiger partial charge is 0.315 e. The Morgan fingerprint density at radius 1 is 1.26 bits per heavy atom. The molecule has 0 saturated carbocycles. The van der Waals surface area contributed by atoms with Crippen LogP contribution in [-0.4, -0.2) is 54.4 Å². The number of rotatable bonds is 7. The highest BCUT2D eigenvalue weighted by molar-refractivity contribution is 5.74. The van der Waals surface area contributed by atoms with Crippen molar-refractivity contribution in [2.75, 3.05) is 27.2 Å². The van der Waals surface area contributed by atoms with Crippen molar-refractivity contribution in [2.24, 2.45) is 5.41 Å². The van der Waals surface area contributed by atoms with Gasteiger partial charge in [0.15, 0.2) is 0 Å². The van der Waals surface area contributed by atoms with Crippen molar-refractivity contribution in [3.63, 3.8) is 0 Å². The molecule has 0 radical (unpaired) electrons. The Balaban J connectivity index is 2.48. The van der Waals surface area contributed by atoms with Gasteiger partial charge in [0, 0.05) is 13.1 Å². The highest BCUT2D eigenvalue weighted by Crippen LogP contribution is 2.19. The van der Waals surface area contributed by atoms with Crippen LogP contribution in [0.1, 0.15) is 32.4 Å². The molecule has 0 aromatic heterocycles. The summed E-state index contributed by atoms with van der Waals surface area (Å²) in [5.41, 5.74) is 0.600. The predicted octanol–water partition coefficient (Wildman–Crippen LogP) is 1.70. The molecule has 0 fully saturated rings. The van der Waals surface area contributed by atoms with Gasteiger partial charge in [-0.15, -0.1) is 0 Å². The number of benzene rings is 1. The molecule has 1 aromatic carbocycles. The maximum absolute atomic E-state index is 12.0. The minimum absolute atomic E-state index is 0.0420. The van der Waals surface area contributed by atoms with E-state index >= 15 is 0 Å². The Labute approximate surface area is 138 Å². The lowest BCUT2D eigenvalue weighted by atomic mass is 9.93. The minimum Gasteiger partial charge on any atom is -0.508 e. The van der Waals surface area contributed by atoms with Gasteiger partial charge in [0.05, 0.1) is 12.1 Å². The van der Waals surface area contributed by atoms with Gasteiger partial charge in [0.25, 0.3) is 0 Å². The van der Waals surface area contributed by atoms with E-state index in [4.69, 9.17) is 0 Å². The van der Waals surface area contributed by atoms with E-state index in [0.717, 1.165) is 6.54 Å². The Kier molecular flexibility index (Phi) is 6.84.